The van der Waals surface area contributed by atoms with Gasteiger partial charge in [-0.05, 0) is 37.0 Å². The molecule has 0 saturated carbocycles. The minimum absolute atomic E-state index is 0.0642. The van der Waals surface area contributed by atoms with E-state index in [0.717, 1.165) is 18.0 Å². The summed E-state index contributed by atoms with van der Waals surface area (Å²) in [7, 11) is 0. The van der Waals surface area contributed by atoms with Crippen LogP contribution in [0.4, 0.5) is 5.13 Å². The second kappa shape index (κ2) is 6.26. The van der Waals surface area contributed by atoms with Gasteiger partial charge in [-0.1, -0.05) is 12.1 Å². The third kappa shape index (κ3) is 2.92. The number of anilines is 1. The number of aromatic nitrogens is 1. The summed E-state index contributed by atoms with van der Waals surface area (Å²) < 4.78 is 0.527. The molecule has 1 saturated heterocycles. The van der Waals surface area contributed by atoms with Gasteiger partial charge in [-0.25, -0.2) is 4.98 Å². The molecule has 0 bridgehead atoms. The maximum atomic E-state index is 12.3. The number of fused-ring (bicyclic) bond motifs is 1. The summed E-state index contributed by atoms with van der Waals surface area (Å²) in [4.78, 5) is 18.2. The Morgan fingerprint density at radius 3 is 2.64 bits per heavy atom. The molecule has 3 nitrogen and oxygen atoms in total. The molecule has 1 aliphatic heterocycles. The Labute approximate surface area is 142 Å². The number of benzene rings is 1. The molecule has 6 heteroatoms. The second-order valence-electron chi connectivity index (χ2n) is 5.39. The molecule has 1 aromatic heterocycles. The normalized spacial score (nSPS) is 17.6. The fraction of sp³-hybridized carbons (Fsp3) is 0.375. The molecular weight excluding hydrogens is 332 g/mol. The maximum absolute atomic E-state index is 12.3. The van der Waals surface area contributed by atoms with Crippen molar-refractivity contribution >= 4 is 45.9 Å². The number of hydrogen-bond donors (Lipinski definition) is 1. The average molecular weight is 349 g/mol. The Morgan fingerprint density at radius 2 is 1.91 bits per heavy atom. The zero-order valence-corrected chi connectivity index (χ0v) is 14.5. The molecule has 22 heavy (non-hydrogen) atoms. The molecule has 0 spiro atoms. The van der Waals surface area contributed by atoms with Crippen molar-refractivity contribution in [2.45, 2.75) is 23.8 Å². The zero-order valence-electron chi connectivity index (χ0n) is 12.0. The minimum atomic E-state index is -0.0642. The van der Waals surface area contributed by atoms with Crippen LogP contribution in [0.1, 0.15) is 37.5 Å². The van der Waals surface area contributed by atoms with Gasteiger partial charge in [0, 0.05) is 21.9 Å². The summed E-state index contributed by atoms with van der Waals surface area (Å²) in [6, 6.07) is 8.00. The van der Waals surface area contributed by atoms with Gasteiger partial charge >= 0.3 is 0 Å². The van der Waals surface area contributed by atoms with Crippen LogP contribution in [-0.2, 0) is 12.8 Å². The number of carbonyl (C=O) groups excluding carboxylic acids is 1. The van der Waals surface area contributed by atoms with Gasteiger partial charge in [-0.15, -0.1) is 34.9 Å². The highest BCUT2D eigenvalue weighted by atomic mass is 32.2. The quantitative estimate of drug-likeness (QED) is 0.895. The van der Waals surface area contributed by atoms with Gasteiger partial charge in [0.15, 0.2) is 5.13 Å². The lowest BCUT2D eigenvalue weighted by molar-refractivity contribution is 0.102. The molecule has 4 rings (SSSR count). The molecule has 1 amide bonds. The van der Waals surface area contributed by atoms with Crippen LogP contribution in [0.25, 0.3) is 0 Å². The van der Waals surface area contributed by atoms with Crippen molar-refractivity contribution in [3.05, 3.63) is 46.0 Å². The lowest BCUT2D eigenvalue weighted by Crippen LogP contribution is -2.11. The highest BCUT2D eigenvalue weighted by molar-refractivity contribution is 8.19. The Balaban J connectivity index is 1.45. The smallest absolute Gasteiger partial charge is 0.257 e. The van der Waals surface area contributed by atoms with Gasteiger partial charge < -0.3 is 0 Å². The van der Waals surface area contributed by atoms with Gasteiger partial charge in [-0.3, -0.25) is 10.1 Å². The molecule has 2 aromatic rings. The van der Waals surface area contributed by atoms with Crippen molar-refractivity contribution in [3.63, 3.8) is 0 Å². The zero-order chi connectivity index (χ0) is 14.9. The largest absolute Gasteiger partial charge is 0.298 e. The van der Waals surface area contributed by atoms with E-state index in [-0.39, 0.29) is 5.91 Å². The molecule has 0 unspecified atom stereocenters. The highest BCUT2D eigenvalue weighted by Gasteiger charge is 2.20. The van der Waals surface area contributed by atoms with E-state index in [0.29, 0.717) is 10.1 Å². The van der Waals surface area contributed by atoms with Crippen LogP contribution in [0, 0.1) is 0 Å². The predicted molar refractivity (Wildman–Crippen MR) is 96.2 cm³/mol. The van der Waals surface area contributed by atoms with Crippen molar-refractivity contribution < 1.29 is 4.79 Å². The predicted octanol–water partition coefficient (Wildman–Crippen LogP) is 4.36. The molecule has 1 aromatic carbocycles. The topological polar surface area (TPSA) is 42.0 Å². The summed E-state index contributed by atoms with van der Waals surface area (Å²) in [5.41, 5.74) is 3.18. The van der Waals surface area contributed by atoms with Crippen LogP contribution < -0.4 is 5.32 Å². The number of nitrogens with zero attached hydrogens (tertiary/aromatic N) is 1. The second-order valence-corrected chi connectivity index (χ2v) is 9.20. The summed E-state index contributed by atoms with van der Waals surface area (Å²) >= 11 is 5.58. The van der Waals surface area contributed by atoms with Crippen LogP contribution in [0.2, 0.25) is 0 Å². The highest BCUT2D eigenvalue weighted by Crippen LogP contribution is 2.45. The fourth-order valence-corrected chi connectivity index (χ4v) is 6.66. The number of hydrogen-bond acceptors (Lipinski definition) is 5. The van der Waals surface area contributed by atoms with E-state index in [2.05, 4.69) is 22.4 Å². The Kier molecular flexibility index (Phi) is 4.15. The number of thiazole rings is 1. The van der Waals surface area contributed by atoms with Crippen LogP contribution in [0.15, 0.2) is 24.3 Å². The molecule has 1 fully saturated rings. The number of amides is 1. The van der Waals surface area contributed by atoms with Crippen molar-refractivity contribution in [1.82, 2.24) is 4.98 Å². The first-order valence-corrected chi connectivity index (χ1v) is 10.3. The van der Waals surface area contributed by atoms with E-state index in [1.165, 1.54) is 34.1 Å². The number of aryl methyl sites for hydroxylation is 2. The number of rotatable bonds is 3. The van der Waals surface area contributed by atoms with Gasteiger partial charge in [0.1, 0.15) is 0 Å². The molecular formula is C16H16N2OS3. The summed E-state index contributed by atoms with van der Waals surface area (Å²) in [5, 5.41) is 3.67. The molecule has 0 radical (unpaired) electrons. The van der Waals surface area contributed by atoms with E-state index < -0.39 is 0 Å². The lowest BCUT2D eigenvalue weighted by Gasteiger charge is -2.09. The first-order valence-electron chi connectivity index (χ1n) is 7.43. The Morgan fingerprint density at radius 1 is 1.14 bits per heavy atom. The standard InChI is InChI=1S/C16H16N2OS3/c19-14(18-16-17-12-2-1-3-13(12)22-16)10-4-6-11(7-5-10)15-20-8-9-21-15/h4-7,15H,1-3,8-9H2,(H,17,18,19). The molecule has 114 valence electrons. The van der Waals surface area contributed by atoms with E-state index >= 15 is 0 Å². The van der Waals surface area contributed by atoms with E-state index in [1.807, 2.05) is 35.7 Å². The van der Waals surface area contributed by atoms with E-state index in [4.69, 9.17) is 0 Å². The summed E-state index contributed by atoms with van der Waals surface area (Å²) in [5.74, 6) is 2.36. The number of carbonyl (C=O) groups is 1. The summed E-state index contributed by atoms with van der Waals surface area (Å²) in [6.45, 7) is 0. The van der Waals surface area contributed by atoms with E-state index in [1.54, 1.807) is 11.3 Å². The van der Waals surface area contributed by atoms with Crippen LogP contribution in [-0.4, -0.2) is 22.4 Å². The average Bonchev–Trinajstić information content (AvgIpc) is 3.24. The van der Waals surface area contributed by atoms with Crippen molar-refractivity contribution in [2.75, 3.05) is 16.8 Å². The van der Waals surface area contributed by atoms with Crippen LogP contribution in [0.5, 0.6) is 0 Å². The molecule has 1 aliphatic carbocycles. The van der Waals surface area contributed by atoms with Crippen LogP contribution in [0.3, 0.4) is 0 Å². The molecule has 2 heterocycles. The van der Waals surface area contributed by atoms with Gasteiger partial charge in [0.25, 0.3) is 5.91 Å². The van der Waals surface area contributed by atoms with Crippen molar-refractivity contribution in [2.24, 2.45) is 0 Å². The third-order valence-corrected chi connectivity index (χ3v) is 8.06. The van der Waals surface area contributed by atoms with Gasteiger partial charge in [0.05, 0.1) is 10.3 Å². The third-order valence-electron chi connectivity index (χ3n) is 3.88. The van der Waals surface area contributed by atoms with Gasteiger partial charge in [0.2, 0.25) is 0 Å². The molecule has 1 N–H and O–H groups in total. The molecule has 2 aliphatic rings. The fourth-order valence-electron chi connectivity index (χ4n) is 2.76. The monoisotopic (exact) mass is 348 g/mol. The summed E-state index contributed by atoms with van der Waals surface area (Å²) in [6.07, 6.45) is 3.35. The van der Waals surface area contributed by atoms with E-state index in [9.17, 15) is 4.79 Å². The SMILES string of the molecule is O=C(Nc1nc2c(s1)CCC2)c1ccc(C2SCCS2)cc1. The number of nitrogens with one attached hydrogen (secondary N) is 1. The Hall–Kier alpha value is -0.980. The minimum Gasteiger partial charge on any atom is -0.298 e. The van der Waals surface area contributed by atoms with Crippen molar-refractivity contribution in [3.8, 4) is 0 Å². The first kappa shape index (κ1) is 14.6. The van der Waals surface area contributed by atoms with Gasteiger partial charge in [-0.2, -0.15) is 0 Å². The number of thioether (sulfide) groups is 2. The maximum Gasteiger partial charge on any atom is 0.257 e. The molecule has 0 atom stereocenters. The first-order chi connectivity index (χ1) is 10.8. The van der Waals surface area contributed by atoms with Crippen LogP contribution >= 0.6 is 34.9 Å². The van der Waals surface area contributed by atoms with Crippen molar-refractivity contribution in [1.29, 1.82) is 0 Å². The lowest BCUT2D eigenvalue weighted by atomic mass is 10.1. The Bertz CT molecular complexity index is 668.